The van der Waals surface area contributed by atoms with Crippen molar-refractivity contribution < 1.29 is 32.4 Å². The lowest BCUT2D eigenvalue weighted by molar-refractivity contribution is -0.275. The first-order valence-electron chi connectivity index (χ1n) is 10.1. The highest BCUT2D eigenvalue weighted by Crippen LogP contribution is 2.50. The third-order valence-electron chi connectivity index (χ3n) is 5.61. The molecule has 0 bridgehead atoms. The van der Waals surface area contributed by atoms with E-state index in [9.17, 15) is 18.0 Å². The molecule has 13 heteroatoms. The van der Waals surface area contributed by atoms with Gasteiger partial charge in [-0.25, -0.2) is 0 Å². The Labute approximate surface area is 212 Å². The topological polar surface area (TPSA) is 81.5 Å². The van der Waals surface area contributed by atoms with E-state index in [-0.39, 0.29) is 32.8 Å². The van der Waals surface area contributed by atoms with Crippen molar-refractivity contribution >= 4 is 52.3 Å². The molecule has 0 spiro atoms. The van der Waals surface area contributed by atoms with Crippen LogP contribution in [-0.2, 0) is 20.0 Å². The molecule has 0 aromatic heterocycles. The molecule has 2 aliphatic rings. The van der Waals surface area contributed by atoms with Gasteiger partial charge < -0.3 is 19.7 Å². The van der Waals surface area contributed by atoms with E-state index in [0.717, 1.165) is 12.1 Å². The summed E-state index contributed by atoms with van der Waals surface area (Å²) in [6, 6.07) is 6.65. The molecule has 0 saturated heterocycles. The first kappa shape index (κ1) is 25.4. The number of oxime groups is 2. The van der Waals surface area contributed by atoms with E-state index in [1.807, 2.05) is 0 Å². The smallest absolute Gasteiger partial charge is 0.435 e. The Morgan fingerprint density at radius 2 is 1.86 bits per heavy atom. The second-order valence-corrected chi connectivity index (χ2v) is 9.07. The number of amides is 1. The Kier molecular flexibility index (Phi) is 6.82. The molecular weight excluding hydrogens is 534 g/mol. The van der Waals surface area contributed by atoms with Crippen LogP contribution in [-0.4, -0.2) is 37.0 Å². The number of alkyl halides is 3. The number of hydrogen-bond acceptors (Lipinski definition) is 6. The fraction of sp³-hybridized carbons (Fsp3) is 0.318. The molecule has 1 amide bonds. The quantitative estimate of drug-likeness (QED) is 0.476. The number of aryl methyl sites for hydroxylation is 1. The van der Waals surface area contributed by atoms with Gasteiger partial charge in [0.25, 0.3) is 11.5 Å². The van der Waals surface area contributed by atoms with Crippen molar-refractivity contribution in [3.05, 3.63) is 67.7 Å². The van der Waals surface area contributed by atoms with Gasteiger partial charge in [0, 0.05) is 17.5 Å². The number of nitrogens with zero attached hydrogens (tertiary/aromatic N) is 2. The SMILES string of the molecule is COC1=NO[C@H](NC(=O)c2ccc(C3=NO[C@@](c4cc(Cl)c(Cl)c(Cl)c4)(C(F)(F)F)C3)cc2C)C1. The first-order valence-corrected chi connectivity index (χ1v) is 11.2. The molecule has 0 radical (unpaired) electrons. The van der Waals surface area contributed by atoms with Crippen molar-refractivity contribution in [1.29, 1.82) is 0 Å². The number of carbonyl (C=O) groups excluding carboxylic acids is 1. The highest BCUT2D eigenvalue weighted by atomic mass is 35.5. The van der Waals surface area contributed by atoms with Gasteiger partial charge in [-0.1, -0.05) is 46.0 Å². The van der Waals surface area contributed by atoms with Crippen molar-refractivity contribution in [2.45, 2.75) is 37.8 Å². The van der Waals surface area contributed by atoms with Gasteiger partial charge in [0.2, 0.25) is 12.1 Å². The van der Waals surface area contributed by atoms with Crippen molar-refractivity contribution in [2.75, 3.05) is 7.11 Å². The summed E-state index contributed by atoms with van der Waals surface area (Å²) in [5.41, 5.74) is -1.92. The zero-order valence-electron chi connectivity index (χ0n) is 18.2. The summed E-state index contributed by atoms with van der Waals surface area (Å²) in [5.74, 6) is -0.0932. The molecule has 2 aromatic rings. The Morgan fingerprint density at radius 3 is 2.43 bits per heavy atom. The van der Waals surface area contributed by atoms with E-state index in [4.69, 9.17) is 49.2 Å². The minimum Gasteiger partial charge on any atom is -0.482 e. The van der Waals surface area contributed by atoms with Crippen LogP contribution < -0.4 is 5.32 Å². The molecule has 2 atom stereocenters. The van der Waals surface area contributed by atoms with Crippen LogP contribution in [0.5, 0.6) is 0 Å². The molecule has 0 fully saturated rings. The maximum atomic E-state index is 14.3. The Hall–Kier alpha value is -2.69. The summed E-state index contributed by atoms with van der Waals surface area (Å²) in [5, 5.41) is 9.72. The molecule has 2 aromatic carbocycles. The second kappa shape index (κ2) is 9.40. The van der Waals surface area contributed by atoms with Gasteiger partial charge >= 0.3 is 6.18 Å². The van der Waals surface area contributed by atoms with Crippen LogP contribution >= 0.6 is 34.8 Å². The molecule has 4 rings (SSSR count). The molecule has 7 nitrogen and oxygen atoms in total. The average Bonchev–Trinajstić information content (AvgIpc) is 3.44. The zero-order chi connectivity index (χ0) is 25.5. The number of ether oxygens (including phenoxy) is 1. The van der Waals surface area contributed by atoms with Gasteiger partial charge in [-0.15, -0.1) is 0 Å². The minimum atomic E-state index is -4.85. The predicted octanol–water partition coefficient (Wildman–Crippen LogP) is 5.97. The highest BCUT2D eigenvalue weighted by Gasteiger charge is 2.62. The van der Waals surface area contributed by atoms with E-state index >= 15 is 0 Å². The molecule has 0 saturated carbocycles. The van der Waals surface area contributed by atoms with Crippen LogP contribution in [0.2, 0.25) is 15.1 Å². The van der Waals surface area contributed by atoms with Gasteiger partial charge in [0.1, 0.15) is 0 Å². The normalized spacial score (nSPS) is 21.7. The van der Waals surface area contributed by atoms with E-state index in [1.165, 1.54) is 19.2 Å². The standard InChI is InChI=1S/C22H17Cl3F3N3O4/c1-10-5-11(3-4-13(10)20(32)29-17-8-18(33-2)31-34-17)16-9-21(35-30-16,22(26,27)28)12-6-14(23)19(25)15(24)7-12/h3-7,17H,8-9H2,1-2H3,(H,29,32)/t17-,21-/m0/s1. The van der Waals surface area contributed by atoms with Gasteiger partial charge in [0.15, 0.2) is 0 Å². The molecule has 2 aliphatic heterocycles. The van der Waals surface area contributed by atoms with Gasteiger partial charge in [-0.05, 0) is 47.5 Å². The summed E-state index contributed by atoms with van der Waals surface area (Å²) < 4.78 is 47.7. The number of halogens is 6. The van der Waals surface area contributed by atoms with Crippen LogP contribution in [0, 0.1) is 6.92 Å². The number of benzene rings is 2. The Balaban J connectivity index is 1.56. The van der Waals surface area contributed by atoms with E-state index in [0.29, 0.717) is 22.6 Å². The number of nitrogens with one attached hydrogen (secondary N) is 1. The maximum absolute atomic E-state index is 14.3. The zero-order valence-corrected chi connectivity index (χ0v) is 20.4. The van der Waals surface area contributed by atoms with E-state index in [1.54, 1.807) is 13.0 Å². The summed E-state index contributed by atoms with van der Waals surface area (Å²) >= 11 is 17.8. The molecule has 0 aliphatic carbocycles. The van der Waals surface area contributed by atoms with Crippen LogP contribution in [0.3, 0.4) is 0 Å². The molecule has 2 heterocycles. The monoisotopic (exact) mass is 549 g/mol. The van der Waals surface area contributed by atoms with E-state index < -0.39 is 30.3 Å². The molecule has 0 unspecified atom stereocenters. The molecular formula is C22H17Cl3F3N3O4. The average molecular weight is 551 g/mol. The summed E-state index contributed by atoms with van der Waals surface area (Å²) in [6.45, 7) is 1.65. The lowest BCUT2D eigenvalue weighted by atomic mass is 9.86. The van der Waals surface area contributed by atoms with Crippen LogP contribution in [0.25, 0.3) is 0 Å². The van der Waals surface area contributed by atoms with Gasteiger partial charge in [-0.2, -0.15) is 13.2 Å². The predicted molar refractivity (Wildman–Crippen MR) is 124 cm³/mol. The van der Waals surface area contributed by atoms with Crippen molar-refractivity contribution in [3.63, 3.8) is 0 Å². The maximum Gasteiger partial charge on any atom is 0.435 e. The van der Waals surface area contributed by atoms with Crippen LogP contribution in [0.4, 0.5) is 13.2 Å². The second-order valence-electron chi connectivity index (χ2n) is 7.88. The molecule has 35 heavy (non-hydrogen) atoms. The van der Waals surface area contributed by atoms with Crippen molar-refractivity contribution in [2.24, 2.45) is 10.3 Å². The number of hydrogen-bond donors (Lipinski definition) is 1. The molecule has 1 N–H and O–H groups in total. The highest BCUT2D eigenvalue weighted by molar-refractivity contribution is 6.48. The molecule has 186 valence electrons. The number of methoxy groups -OCH3 is 1. The summed E-state index contributed by atoms with van der Waals surface area (Å²) in [4.78, 5) is 22.7. The largest absolute Gasteiger partial charge is 0.482 e. The van der Waals surface area contributed by atoms with Gasteiger partial charge in [-0.3, -0.25) is 4.79 Å². The lowest BCUT2D eigenvalue weighted by Gasteiger charge is -2.30. The Bertz CT molecular complexity index is 1230. The van der Waals surface area contributed by atoms with Crippen LogP contribution in [0.1, 0.15) is 39.9 Å². The Morgan fingerprint density at radius 1 is 1.17 bits per heavy atom. The third kappa shape index (κ3) is 4.74. The summed E-state index contributed by atoms with van der Waals surface area (Å²) in [7, 11) is 1.44. The van der Waals surface area contributed by atoms with Crippen LogP contribution in [0.15, 0.2) is 40.6 Å². The lowest BCUT2D eigenvalue weighted by Crippen LogP contribution is -2.42. The fourth-order valence-electron chi connectivity index (χ4n) is 3.72. The van der Waals surface area contributed by atoms with Gasteiger partial charge in [0.05, 0.1) is 34.3 Å². The van der Waals surface area contributed by atoms with E-state index in [2.05, 4.69) is 15.6 Å². The minimum absolute atomic E-state index is 0.0387. The fourth-order valence-corrected chi connectivity index (χ4v) is 4.32. The van der Waals surface area contributed by atoms with Crippen molar-refractivity contribution in [3.8, 4) is 0 Å². The third-order valence-corrected chi connectivity index (χ3v) is 6.81. The number of carbonyl (C=O) groups is 1. The van der Waals surface area contributed by atoms with Crippen molar-refractivity contribution in [1.82, 2.24) is 5.32 Å². The summed E-state index contributed by atoms with van der Waals surface area (Å²) in [6.07, 6.45) is -5.90. The number of rotatable bonds is 4. The first-order chi connectivity index (χ1) is 16.4.